The first-order valence-electron chi connectivity index (χ1n) is 7.39. The minimum absolute atomic E-state index is 0.392. The lowest BCUT2D eigenvalue weighted by atomic mass is 9.87. The van der Waals surface area contributed by atoms with E-state index < -0.39 is 0 Å². The molecule has 4 heteroatoms. The van der Waals surface area contributed by atoms with Gasteiger partial charge in [0.15, 0.2) is 0 Å². The molecule has 0 atom stereocenters. The van der Waals surface area contributed by atoms with Crippen molar-refractivity contribution in [3.63, 3.8) is 0 Å². The van der Waals surface area contributed by atoms with Crippen molar-refractivity contribution in [2.45, 2.75) is 52.2 Å². The van der Waals surface area contributed by atoms with Gasteiger partial charge in [-0.15, -0.1) is 0 Å². The van der Waals surface area contributed by atoms with Crippen LogP contribution >= 0.6 is 21.6 Å². The van der Waals surface area contributed by atoms with Crippen LogP contribution in [0.5, 0.6) is 0 Å². The van der Waals surface area contributed by atoms with Gasteiger partial charge in [-0.05, 0) is 32.1 Å². The number of morpholine rings is 1. The molecule has 0 spiro atoms. The van der Waals surface area contributed by atoms with Gasteiger partial charge in [-0.25, -0.2) is 0 Å². The van der Waals surface area contributed by atoms with Crippen LogP contribution in [0.1, 0.15) is 47.5 Å². The summed E-state index contributed by atoms with van der Waals surface area (Å²) < 4.78 is 5.76. The monoisotopic (exact) mass is 305 g/mol. The average molecular weight is 306 g/mol. The molecule has 1 heterocycles. The molecule has 0 N–H and O–H groups in total. The number of hydrogen-bond acceptors (Lipinski definition) is 4. The minimum Gasteiger partial charge on any atom is -0.379 e. The second-order valence-corrected chi connectivity index (χ2v) is 10.3. The molecule has 0 radical (unpaired) electrons. The van der Waals surface area contributed by atoms with E-state index in [-0.39, 0.29) is 0 Å². The van der Waals surface area contributed by atoms with Crippen molar-refractivity contribution in [2.24, 2.45) is 5.41 Å². The van der Waals surface area contributed by atoms with Gasteiger partial charge in [0.25, 0.3) is 0 Å². The molecule has 0 aliphatic carbocycles. The van der Waals surface area contributed by atoms with E-state index in [4.69, 9.17) is 4.74 Å². The third-order valence-electron chi connectivity index (χ3n) is 3.36. The molecular formula is C15H31NOS2. The molecule has 0 aromatic heterocycles. The molecule has 1 aliphatic heterocycles. The van der Waals surface area contributed by atoms with Gasteiger partial charge in [0.05, 0.1) is 13.2 Å². The summed E-state index contributed by atoms with van der Waals surface area (Å²) >= 11 is 0. The van der Waals surface area contributed by atoms with E-state index in [0.29, 0.717) is 10.2 Å². The maximum absolute atomic E-state index is 5.37. The lowest BCUT2D eigenvalue weighted by Gasteiger charge is -2.29. The highest BCUT2D eigenvalue weighted by Crippen LogP contribution is 2.40. The molecular weight excluding hydrogens is 274 g/mol. The van der Waals surface area contributed by atoms with Gasteiger partial charge in [-0.3, -0.25) is 4.90 Å². The third-order valence-corrected chi connectivity index (χ3v) is 6.69. The average Bonchev–Trinajstić information content (AvgIpc) is 2.33. The van der Waals surface area contributed by atoms with Crippen LogP contribution in [0.2, 0.25) is 0 Å². The van der Waals surface area contributed by atoms with Gasteiger partial charge in [-0.2, -0.15) is 0 Å². The van der Waals surface area contributed by atoms with Crippen molar-refractivity contribution in [3.05, 3.63) is 0 Å². The molecule has 0 aromatic rings. The fraction of sp³-hybridized carbons (Fsp3) is 1.00. The molecule has 114 valence electrons. The Kier molecular flexibility index (Phi) is 7.59. The Bertz CT molecular complexity index is 245. The first kappa shape index (κ1) is 17.7. The molecule has 19 heavy (non-hydrogen) atoms. The molecule has 1 rings (SSSR count). The van der Waals surface area contributed by atoms with E-state index in [0.717, 1.165) is 26.3 Å². The van der Waals surface area contributed by atoms with E-state index in [9.17, 15) is 0 Å². The Morgan fingerprint density at radius 1 is 1.00 bits per heavy atom. The zero-order chi connectivity index (χ0) is 14.4. The Balaban J connectivity index is 2.09. The van der Waals surface area contributed by atoms with E-state index >= 15 is 0 Å². The Labute approximate surface area is 127 Å². The second-order valence-electron chi connectivity index (χ2n) is 7.18. The SMILES string of the molecule is CC(C)(C)CCC(C)(C)SSCCN1CCOCC1. The van der Waals surface area contributed by atoms with Gasteiger partial charge < -0.3 is 4.74 Å². The molecule has 1 saturated heterocycles. The Morgan fingerprint density at radius 3 is 2.21 bits per heavy atom. The van der Waals surface area contributed by atoms with E-state index in [2.05, 4.69) is 50.3 Å². The highest BCUT2D eigenvalue weighted by Gasteiger charge is 2.22. The first-order chi connectivity index (χ1) is 8.79. The summed E-state index contributed by atoms with van der Waals surface area (Å²) in [6, 6.07) is 0. The number of nitrogens with zero attached hydrogens (tertiary/aromatic N) is 1. The molecule has 0 unspecified atom stereocenters. The summed E-state index contributed by atoms with van der Waals surface area (Å²) in [5.74, 6) is 1.23. The maximum atomic E-state index is 5.37. The molecule has 0 bridgehead atoms. The minimum atomic E-state index is 0.392. The zero-order valence-corrected chi connectivity index (χ0v) is 15.0. The van der Waals surface area contributed by atoms with E-state index in [1.165, 1.54) is 25.1 Å². The van der Waals surface area contributed by atoms with Crippen LogP contribution in [-0.4, -0.2) is 48.2 Å². The maximum Gasteiger partial charge on any atom is 0.0594 e. The van der Waals surface area contributed by atoms with Crippen molar-refractivity contribution < 1.29 is 4.74 Å². The molecule has 1 aliphatic rings. The van der Waals surface area contributed by atoms with Crippen molar-refractivity contribution in [3.8, 4) is 0 Å². The highest BCUT2D eigenvalue weighted by molar-refractivity contribution is 8.77. The summed E-state index contributed by atoms with van der Waals surface area (Å²) in [5, 5.41) is 0. The second kappa shape index (κ2) is 8.16. The first-order valence-corrected chi connectivity index (χ1v) is 9.71. The summed E-state index contributed by atoms with van der Waals surface area (Å²) in [7, 11) is 4.11. The lowest BCUT2D eigenvalue weighted by Crippen LogP contribution is -2.37. The van der Waals surface area contributed by atoms with Gasteiger partial charge in [0.2, 0.25) is 0 Å². The van der Waals surface area contributed by atoms with Gasteiger partial charge >= 0.3 is 0 Å². The van der Waals surface area contributed by atoms with Crippen LogP contribution in [0.25, 0.3) is 0 Å². The van der Waals surface area contributed by atoms with Crippen LogP contribution in [0.3, 0.4) is 0 Å². The largest absolute Gasteiger partial charge is 0.379 e. The van der Waals surface area contributed by atoms with Crippen molar-refractivity contribution >= 4 is 21.6 Å². The van der Waals surface area contributed by atoms with E-state index in [1.54, 1.807) is 0 Å². The fourth-order valence-corrected chi connectivity index (χ4v) is 4.51. The molecule has 1 fully saturated rings. The smallest absolute Gasteiger partial charge is 0.0594 e. The quantitative estimate of drug-likeness (QED) is 0.513. The lowest BCUT2D eigenvalue weighted by molar-refractivity contribution is 0.0410. The van der Waals surface area contributed by atoms with Gasteiger partial charge in [0.1, 0.15) is 0 Å². The fourth-order valence-electron chi connectivity index (χ4n) is 1.91. The van der Waals surface area contributed by atoms with Crippen LogP contribution < -0.4 is 0 Å². The summed E-state index contributed by atoms with van der Waals surface area (Å²) in [6.07, 6.45) is 2.60. The Morgan fingerprint density at radius 2 is 1.63 bits per heavy atom. The Hall–Kier alpha value is 0.620. The molecule has 2 nitrogen and oxygen atoms in total. The van der Waals surface area contributed by atoms with Crippen LogP contribution in [0.4, 0.5) is 0 Å². The summed E-state index contributed by atoms with van der Waals surface area (Å²) in [4.78, 5) is 2.51. The standard InChI is InChI=1S/C15H31NOS2/c1-14(2,3)6-7-15(4,5)19-18-13-10-16-8-11-17-12-9-16/h6-13H2,1-5H3. The van der Waals surface area contributed by atoms with Crippen molar-refractivity contribution in [1.82, 2.24) is 4.90 Å². The van der Waals surface area contributed by atoms with Gasteiger partial charge in [-0.1, -0.05) is 42.4 Å². The van der Waals surface area contributed by atoms with Crippen LogP contribution in [0, 0.1) is 5.41 Å². The summed E-state index contributed by atoms with van der Waals surface area (Å²) in [5.41, 5.74) is 0.455. The number of hydrogen-bond donors (Lipinski definition) is 0. The van der Waals surface area contributed by atoms with Crippen LogP contribution in [0.15, 0.2) is 0 Å². The highest BCUT2D eigenvalue weighted by atomic mass is 33.1. The van der Waals surface area contributed by atoms with Crippen molar-refractivity contribution in [1.29, 1.82) is 0 Å². The summed E-state index contributed by atoms with van der Waals surface area (Å²) in [6.45, 7) is 17.0. The van der Waals surface area contributed by atoms with Gasteiger partial charge in [0, 0.05) is 30.1 Å². The predicted molar refractivity (Wildman–Crippen MR) is 90.1 cm³/mol. The number of rotatable bonds is 7. The molecule has 0 amide bonds. The van der Waals surface area contributed by atoms with Crippen LogP contribution in [-0.2, 0) is 4.74 Å². The zero-order valence-electron chi connectivity index (χ0n) is 13.3. The van der Waals surface area contributed by atoms with Crippen molar-refractivity contribution in [2.75, 3.05) is 38.6 Å². The topological polar surface area (TPSA) is 12.5 Å². The normalized spacial score (nSPS) is 18.8. The molecule has 0 saturated carbocycles. The predicted octanol–water partition coefficient (Wildman–Crippen LogP) is 4.30. The number of ether oxygens (including phenoxy) is 1. The van der Waals surface area contributed by atoms with E-state index in [1.807, 2.05) is 10.8 Å². The third kappa shape index (κ3) is 9.22. The molecule has 0 aromatic carbocycles.